The van der Waals surface area contributed by atoms with Gasteiger partial charge >= 0.3 is 0 Å². The van der Waals surface area contributed by atoms with Crippen LogP contribution in [0.1, 0.15) is 48.6 Å². The van der Waals surface area contributed by atoms with Gasteiger partial charge < -0.3 is 4.42 Å². The van der Waals surface area contributed by atoms with E-state index >= 15 is 0 Å². The molecule has 1 aromatic heterocycles. The van der Waals surface area contributed by atoms with Crippen molar-refractivity contribution in [1.29, 1.82) is 5.26 Å². The van der Waals surface area contributed by atoms with Gasteiger partial charge in [-0.15, -0.1) is 0 Å². The molecule has 3 heteroatoms. The first-order valence-corrected chi connectivity index (χ1v) is 7.64. The quantitative estimate of drug-likeness (QED) is 0.843. The second-order valence-corrected chi connectivity index (χ2v) is 5.62. The van der Waals surface area contributed by atoms with Crippen molar-refractivity contribution in [2.75, 3.05) is 6.54 Å². The summed E-state index contributed by atoms with van der Waals surface area (Å²) in [6, 6.07) is 14.5. The van der Waals surface area contributed by atoms with Crippen molar-refractivity contribution in [2.45, 2.75) is 38.3 Å². The highest BCUT2D eigenvalue weighted by Crippen LogP contribution is 2.31. The lowest BCUT2D eigenvalue weighted by atomic mass is 10.0. The molecule has 1 aromatic carbocycles. The van der Waals surface area contributed by atoms with Gasteiger partial charge in [0.05, 0.1) is 23.9 Å². The molecular weight excluding hydrogens is 260 g/mol. The summed E-state index contributed by atoms with van der Waals surface area (Å²) in [7, 11) is 0. The van der Waals surface area contributed by atoms with Crippen LogP contribution in [0.15, 0.2) is 47.1 Å². The van der Waals surface area contributed by atoms with Crippen molar-refractivity contribution in [2.24, 2.45) is 0 Å². The van der Waals surface area contributed by atoms with E-state index in [1.165, 1.54) is 19.3 Å². The molecule has 0 saturated carbocycles. The number of hydrogen-bond acceptors (Lipinski definition) is 3. The van der Waals surface area contributed by atoms with Gasteiger partial charge in [0, 0.05) is 6.54 Å². The van der Waals surface area contributed by atoms with Gasteiger partial charge in [-0.25, -0.2) is 0 Å². The second kappa shape index (κ2) is 6.60. The summed E-state index contributed by atoms with van der Waals surface area (Å²) in [5.74, 6) is 1.05. The van der Waals surface area contributed by atoms with Crippen LogP contribution in [0.4, 0.5) is 0 Å². The average Bonchev–Trinajstić information content (AvgIpc) is 2.95. The summed E-state index contributed by atoms with van der Waals surface area (Å²) in [4.78, 5) is 2.46. The van der Waals surface area contributed by atoms with Crippen LogP contribution < -0.4 is 0 Å². The van der Waals surface area contributed by atoms with Crippen molar-refractivity contribution in [3.8, 4) is 6.07 Å². The maximum atomic E-state index is 9.27. The largest absolute Gasteiger partial charge is 0.468 e. The fourth-order valence-corrected chi connectivity index (χ4v) is 3.15. The van der Waals surface area contributed by atoms with Gasteiger partial charge in [-0.05, 0) is 43.1 Å². The van der Waals surface area contributed by atoms with E-state index in [0.717, 1.165) is 36.4 Å². The van der Waals surface area contributed by atoms with Crippen molar-refractivity contribution in [3.05, 3.63) is 59.5 Å². The minimum atomic E-state index is 0.328. The van der Waals surface area contributed by atoms with Crippen LogP contribution in [-0.2, 0) is 6.54 Å². The fraction of sp³-hybridized carbons (Fsp3) is 0.389. The second-order valence-electron chi connectivity index (χ2n) is 5.62. The van der Waals surface area contributed by atoms with Gasteiger partial charge in [-0.2, -0.15) is 5.26 Å². The van der Waals surface area contributed by atoms with Crippen molar-refractivity contribution >= 4 is 0 Å². The zero-order chi connectivity index (χ0) is 14.5. The Morgan fingerprint density at radius 1 is 1.14 bits per heavy atom. The Hall–Kier alpha value is -2.05. The number of rotatable bonds is 3. The Kier molecular flexibility index (Phi) is 4.37. The first-order chi connectivity index (χ1) is 10.4. The topological polar surface area (TPSA) is 40.2 Å². The summed E-state index contributed by atoms with van der Waals surface area (Å²) in [6.45, 7) is 1.88. The zero-order valence-electron chi connectivity index (χ0n) is 12.2. The first kappa shape index (κ1) is 13.9. The summed E-state index contributed by atoms with van der Waals surface area (Å²) < 4.78 is 5.65. The van der Waals surface area contributed by atoms with E-state index in [1.807, 2.05) is 24.3 Å². The van der Waals surface area contributed by atoms with Gasteiger partial charge in [0.25, 0.3) is 0 Å². The molecule has 0 radical (unpaired) electrons. The third-order valence-electron chi connectivity index (χ3n) is 4.25. The molecule has 0 N–H and O–H groups in total. The molecule has 1 saturated heterocycles. The summed E-state index contributed by atoms with van der Waals surface area (Å²) in [5, 5.41) is 9.27. The predicted molar refractivity (Wildman–Crippen MR) is 81.5 cm³/mol. The van der Waals surface area contributed by atoms with E-state index < -0.39 is 0 Å². The van der Waals surface area contributed by atoms with Gasteiger partial charge in [0.15, 0.2) is 0 Å². The number of nitrogens with zero attached hydrogens (tertiary/aromatic N) is 2. The predicted octanol–water partition coefficient (Wildman–Crippen LogP) is 4.27. The molecule has 0 amide bonds. The molecule has 0 aliphatic carbocycles. The smallest absolute Gasteiger partial charge is 0.120 e. The van der Waals surface area contributed by atoms with Crippen molar-refractivity contribution in [1.82, 2.24) is 4.90 Å². The number of likely N-dealkylation sites (tertiary alicyclic amines) is 1. The molecule has 21 heavy (non-hydrogen) atoms. The normalized spacial score (nSPS) is 19.9. The zero-order valence-corrected chi connectivity index (χ0v) is 12.2. The molecule has 3 rings (SSSR count). The monoisotopic (exact) mass is 280 g/mol. The van der Waals surface area contributed by atoms with Gasteiger partial charge in [0.2, 0.25) is 0 Å². The van der Waals surface area contributed by atoms with Crippen LogP contribution >= 0.6 is 0 Å². The molecule has 3 nitrogen and oxygen atoms in total. The molecule has 2 aromatic rings. The molecule has 1 atom stereocenters. The van der Waals surface area contributed by atoms with Gasteiger partial charge in [-0.1, -0.05) is 31.0 Å². The van der Waals surface area contributed by atoms with Crippen LogP contribution in [0.25, 0.3) is 0 Å². The highest BCUT2D eigenvalue weighted by molar-refractivity contribution is 5.37. The Morgan fingerprint density at radius 3 is 2.86 bits per heavy atom. The molecule has 1 unspecified atom stereocenters. The molecule has 1 aliphatic heterocycles. The lowest BCUT2D eigenvalue weighted by Crippen LogP contribution is -2.28. The van der Waals surface area contributed by atoms with Gasteiger partial charge in [0.1, 0.15) is 5.76 Å². The van der Waals surface area contributed by atoms with E-state index in [4.69, 9.17) is 4.42 Å². The molecule has 1 aliphatic rings. The Labute approximate surface area is 125 Å². The van der Waals surface area contributed by atoms with Crippen LogP contribution in [0, 0.1) is 11.3 Å². The minimum Gasteiger partial charge on any atom is -0.468 e. The van der Waals surface area contributed by atoms with Crippen LogP contribution in [-0.4, -0.2) is 11.4 Å². The van der Waals surface area contributed by atoms with E-state index in [0.29, 0.717) is 6.04 Å². The lowest BCUT2D eigenvalue weighted by Gasteiger charge is -2.28. The summed E-state index contributed by atoms with van der Waals surface area (Å²) in [5.41, 5.74) is 1.89. The van der Waals surface area contributed by atoms with E-state index in [9.17, 15) is 5.26 Å². The van der Waals surface area contributed by atoms with Gasteiger partial charge in [-0.3, -0.25) is 4.90 Å². The maximum absolute atomic E-state index is 9.27. The fourth-order valence-electron chi connectivity index (χ4n) is 3.15. The van der Waals surface area contributed by atoms with Crippen LogP contribution in [0.2, 0.25) is 0 Å². The molecule has 0 bridgehead atoms. The van der Waals surface area contributed by atoms with Crippen molar-refractivity contribution < 1.29 is 4.42 Å². The Balaban J connectivity index is 1.85. The number of hydrogen-bond donors (Lipinski definition) is 0. The molecule has 2 heterocycles. The summed E-state index contributed by atoms with van der Waals surface area (Å²) >= 11 is 0. The van der Waals surface area contributed by atoms with E-state index in [1.54, 1.807) is 6.26 Å². The minimum absolute atomic E-state index is 0.328. The third-order valence-corrected chi connectivity index (χ3v) is 4.25. The number of nitriles is 1. The summed E-state index contributed by atoms with van der Waals surface area (Å²) in [6.07, 6.45) is 6.60. The lowest BCUT2D eigenvalue weighted by molar-refractivity contribution is 0.169. The molecule has 0 spiro atoms. The molecule has 108 valence electrons. The van der Waals surface area contributed by atoms with E-state index in [-0.39, 0.29) is 0 Å². The van der Waals surface area contributed by atoms with Crippen molar-refractivity contribution in [3.63, 3.8) is 0 Å². The standard InChI is InChI=1S/C18H20N2O/c19-13-15-7-3-4-8-16(15)14-20-11-5-1-2-9-17(20)18-10-6-12-21-18/h3-4,6-8,10,12,17H,1-2,5,9,11,14H2. The first-order valence-electron chi connectivity index (χ1n) is 7.64. The number of benzene rings is 1. The Bertz CT molecular complexity index is 612. The number of furan rings is 1. The van der Waals surface area contributed by atoms with Crippen LogP contribution in [0.5, 0.6) is 0 Å². The average molecular weight is 280 g/mol. The van der Waals surface area contributed by atoms with E-state index in [2.05, 4.69) is 23.1 Å². The van der Waals surface area contributed by atoms with Crippen LogP contribution in [0.3, 0.4) is 0 Å². The maximum Gasteiger partial charge on any atom is 0.120 e. The highest BCUT2D eigenvalue weighted by Gasteiger charge is 2.25. The third kappa shape index (κ3) is 3.17. The highest BCUT2D eigenvalue weighted by atomic mass is 16.3. The molecule has 1 fully saturated rings. The molecular formula is C18H20N2O. The Morgan fingerprint density at radius 2 is 2.05 bits per heavy atom. The SMILES string of the molecule is N#Cc1ccccc1CN1CCCCCC1c1ccco1.